The van der Waals surface area contributed by atoms with Gasteiger partial charge in [0.2, 0.25) is 0 Å². The summed E-state index contributed by atoms with van der Waals surface area (Å²) in [4.78, 5) is 13.8. The molecule has 3 atom stereocenters. The van der Waals surface area contributed by atoms with Gasteiger partial charge in [-0.25, -0.2) is 13.2 Å². The molecule has 6 nitrogen and oxygen atoms in total. The van der Waals surface area contributed by atoms with Gasteiger partial charge < -0.3 is 15.0 Å². The number of urea groups is 1. The molecular weight excluding hydrogens is 268 g/mol. The molecular formula is C12H22N2O4S. The Balaban J connectivity index is 1.78. The van der Waals surface area contributed by atoms with E-state index in [0.29, 0.717) is 26.1 Å². The molecule has 2 heterocycles. The largest absolute Gasteiger partial charge is 0.372 e. The second-order valence-corrected chi connectivity index (χ2v) is 7.85. The molecule has 1 N–H and O–H groups in total. The van der Waals surface area contributed by atoms with Crippen molar-refractivity contribution in [3.8, 4) is 0 Å². The average molecular weight is 290 g/mol. The first-order chi connectivity index (χ1) is 8.85. The van der Waals surface area contributed by atoms with Crippen LogP contribution in [0.15, 0.2) is 0 Å². The fraction of sp³-hybridized carbons (Fsp3) is 0.917. The number of hydrogen-bond donors (Lipinski definition) is 1. The maximum atomic E-state index is 12.0. The summed E-state index contributed by atoms with van der Waals surface area (Å²) in [6.07, 6.45) is 0.737. The minimum atomic E-state index is -2.87. The molecule has 0 aromatic rings. The van der Waals surface area contributed by atoms with E-state index in [9.17, 15) is 13.2 Å². The van der Waals surface area contributed by atoms with Crippen molar-refractivity contribution in [3.63, 3.8) is 0 Å². The van der Waals surface area contributed by atoms with Gasteiger partial charge in [-0.3, -0.25) is 0 Å². The van der Waals surface area contributed by atoms with E-state index in [2.05, 4.69) is 5.32 Å². The number of hydrogen-bond acceptors (Lipinski definition) is 4. The smallest absolute Gasteiger partial charge is 0.317 e. The Morgan fingerprint density at radius 3 is 2.47 bits per heavy atom. The highest BCUT2D eigenvalue weighted by molar-refractivity contribution is 7.91. The van der Waals surface area contributed by atoms with Gasteiger partial charge >= 0.3 is 6.03 Å². The first-order valence-electron chi connectivity index (χ1n) is 6.74. The van der Waals surface area contributed by atoms with E-state index in [1.165, 1.54) is 0 Å². The summed E-state index contributed by atoms with van der Waals surface area (Å²) < 4.78 is 28.2. The molecule has 0 bridgehead atoms. The van der Waals surface area contributed by atoms with Gasteiger partial charge in [-0.2, -0.15) is 0 Å². The number of ether oxygens (including phenoxy) is 1. The second kappa shape index (κ2) is 5.66. The lowest BCUT2D eigenvalue weighted by Crippen LogP contribution is -2.52. The Hall–Kier alpha value is -0.820. The quantitative estimate of drug-likeness (QED) is 0.790. The van der Waals surface area contributed by atoms with Crippen molar-refractivity contribution in [3.05, 3.63) is 0 Å². The molecule has 0 unspecified atom stereocenters. The van der Waals surface area contributed by atoms with Gasteiger partial charge in [0.25, 0.3) is 0 Å². The molecule has 2 aliphatic rings. The van der Waals surface area contributed by atoms with Crippen molar-refractivity contribution < 1.29 is 17.9 Å². The molecule has 2 aliphatic heterocycles. The summed E-state index contributed by atoms with van der Waals surface area (Å²) in [7, 11) is -2.87. The summed E-state index contributed by atoms with van der Waals surface area (Å²) >= 11 is 0. The van der Waals surface area contributed by atoms with E-state index >= 15 is 0 Å². The molecule has 2 saturated heterocycles. The van der Waals surface area contributed by atoms with E-state index in [-0.39, 0.29) is 35.7 Å². The van der Waals surface area contributed by atoms with Crippen molar-refractivity contribution >= 4 is 15.9 Å². The van der Waals surface area contributed by atoms with Crippen LogP contribution in [0.25, 0.3) is 0 Å². The van der Waals surface area contributed by atoms with Gasteiger partial charge in [-0.15, -0.1) is 0 Å². The van der Waals surface area contributed by atoms with Gasteiger partial charge in [-0.05, 0) is 26.2 Å². The van der Waals surface area contributed by atoms with Crippen LogP contribution in [0.4, 0.5) is 4.79 Å². The molecule has 2 amide bonds. The Morgan fingerprint density at radius 1 is 1.32 bits per heavy atom. The molecule has 2 fully saturated rings. The van der Waals surface area contributed by atoms with Crippen molar-refractivity contribution in [1.82, 2.24) is 10.2 Å². The highest BCUT2D eigenvalue weighted by atomic mass is 32.2. The molecule has 0 radical (unpaired) electrons. The number of nitrogens with one attached hydrogen (secondary N) is 1. The number of rotatable bonds is 2. The Morgan fingerprint density at radius 2 is 1.95 bits per heavy atom. The zero-order valence-electron chi connectivity index (χ0n) is 11.5. The van der Waals surface area contributed by atoms with Crippen LogP contribution < -0.4 is 5.32 Å². The molecule has 110 valence electrons. The number of morpholine rings is 1. The molecule has 19 heavy (non-hydrogen) atoms. The number of carbonyl (C=O) groups excluding carboxylic acids is 1. The van der Waals surface area contributed by atoms with Crippen LogP contribution in [-0.2, 0) is 14.6 Å². The highest BCUT2D eigenvalue weighted by Crippen LogP contribution is 2.17. The van der Waals surface area contributed by atoms with E-state index in [1.54, 1.807) is 4.90 Å². The molecule has 0 spiro atoms. The van der Waals surface area contributed by atoms with Crippen molar-refractivity contribution in [2.45, 2.75) is 32.5 Å². The number of nitrogens with zero attached hydrogens (tertiary/aromatic N) is 1. The van der Waals surface area contributed by atoms with Crippen LogP contribution in [0, 0.1) is 5.92 Å². The Bertz CT molecular complexity index is 427. The number of carbonyl (C=O) groups is 1. The lowest BCUT2D eigenvalue weighted by atomic mass is 10.1. The third kappa shape index (κ3) is 4.07. The van der Waals surface area contributed by atoms with Crippen molar-refractivity contribution in [2.24, 2.45) is 5.92 Å². The minimum absolute atomic E-state index is 0.0429. The van der Waals surface area contributed by atoms with Crippen LogP contribution in [-0.4, -0.2) is 62.7 Å². The van der Waals surface area contributed by atoms with E-state index in [1.807, 2.05) is 13.8 Å². The topological polar surface area (TPSA) is 75.7 Å². The zero-order valence-corrected chi connectivity index (χ0v) is 12.3. The number of amides is 2. The third-order valence-corrected chi connectivity index (χ3v) is 5.41. The molecule has 0 aromatic heterocycles. The first kappa shape index (κ1) is 14.6. The molecule has 0 aliphatic carbocycles. The van der Waals surface area contributed by atoms with Gasteiger partial charge in [0.15, 0.2) is 9.84 Å². The average Bonchev–Trinajstić information content (AvgIpc) is 2.64. The number of sulfone groups is 1. The van der Waals surface area contributed by atoms with Crippen molar-refractivity contribution in [2.75, 3.05) is 31.1 Å². The normalized spacial score (nSPS) is 34.2. The summed E-state index contributed by atoms with van der Waals surface area (Å²) in [5.41, 5.74) is 0. The highest BCUT2D eigenvalue weighted by Gasteiger charge is 2.30. The Labute approximate surface area is 114 Å². The fourth-order valence-corrected chi connectivity index (χ4v) is 4.58. The maximum absolute atomic E-state index is 12.0. The molecule has 2 rings (SSSR count). The van der Waals surface area contributed by atoms with Gasteiger partial charge in [0.1, 0.15) is 0 Å². The monoisotopic (exact) mass is 290 g/mol. The van der Waals surface area contributed by atoms with Gasteiger partial charge in [-0.1, -0.05) is 0 Å². The van der Waals surface area contributed by atoms with Crippen LogP contribution in [0.1, 0.15) is 20.3 Å². The third-order valence-electron chi connectivity index (χ3n) is 3.58. The Kier molecular flexibility index (Phi) is 4.35. The van der Waals surface area contributed by atoms with E-state index < -0.39 is 9.84 Å². The predicted octanol–water partition coefficient (Wildman–Crippen LogP) is 0.240. The SMILES string of the molecule is C[C@@H]1CN(C(=O)NC[C@H]2CCS(=O)(=O)C2)C[C@@H](C)O1. The van der Waals surface area contributed by atoms with Crippen LogP contribution in [0.5, 0.6) is 0 Å². The van der Waals surface area contributed by atoms with E-state index in [0.717, 1.165) is 0 Å². The van der Waals surface area contributed by atoms with Crippen molar-refractivity contribution in [1.29, 1.82) is 0 Å². The first-order valence-corrected chi connectivity index (χ1v) is 8.56. The maximum Gasteiger partial charge on any atom is 0.317 e. The van der Waals surface area contributed by atoms with Gasteiger partial charge in [0.05, 0.1) is 23.7 Å². The predicted molar refractivity (Wildman–Crippen MR) is 71.7 cm³/mol. The summed E-state index contributed by atoms with van der Waals surface area (Å²) in [5, 5.41) is 2.84. The molecule has 0 saturated carbocycles. The molecule has 0 aromatic carbocycles. The lowest BCUT2D eigenvalue weighted by Gasteiger charge is -2.35. The summed E-state index contributed by atoms with van der Waals surface area (Å²) in [5.74, 6) is 0.507. The van der Waals surface area contributed by atoms with E-state index in [4.69, 9.17) is 4.74 Å². The lowest BCUT2D eigenvalue weighted by molar-refractivity contribution is -0.0545. The fourth-order valence-electron chi connectivity index (χ4n) is 2.72. The summed E-state index contributed by atoms with van der Waals surface area (Å²) in [6.45, 7) is 5.50. The summed E-state index contributed by atoms with van der Waals surface area (Å²) in [6, 6.07) is -0.119. The van der Waals surface area contributed by atoms with Crippen LogP contribution >= 0.6 is 0 Å². The standard InChI is InChI=1S/C12H22N2O4S/c1-9-6-14(7-10(2)18-9)12(15)13-5-11-3-4-19(16,17)8-11/h9-11H,3-8H2,1-2H3,(H,13,15)/t9-,10-,11-/m1/s1. The molecule has 7 heteroatoms. The zero-order chi connectivity index (χ0) is 14.0. The van der Waals surface area contributed by atoms with Crippen LogP contribution in [0.3, 0.4) is 0 Å². The van der Waals surface area contributed by atoms with Gasteiger partial charge in [0, 0.05) is 19.6 Å². The van der Waals surface area contributed by atoms with Crippen LogP contribution in [0.2, 0.25) is 0 Å². The second-order valence-electron chi connectivity index (χ2n) is 5.62. The minimum Gasteiger partial charge on any atom is -0.372 e.